The highest BCUT2D eigenvalue weighted by molar-refractivity contribution is 6.21. The molecule has 21 heavy (non-hydrogen) atoms. The summed E-state index contributed by atoms with van der Waals surface area (Å²) in [5, 5.41) is 11.1. The predicted molar refractivity (Wildman–Crippen MR) is 70.8 cm³/mol. The van der Waals surface area contributed by atoms with E-state index in [-0.39, 0.29) is 16.7 Å². The van der Waals surface area contributed by atoms with Crippen LogP contribution in [-0.4, -0.2) is 27.5 Å². The number of benzene rings is 1. The number of aromatic carboxylic acids is 1. The summed E-state index contributed by atoms with van der Waals surface area (Å²) in [4.78, 5) is 45.9. The molecule has 1 aliphatic heterocycles. The van der Waals surface area contributed by atoms with E-state index in [1.807, 2.05) is 0 Å². The molecule has 1 aromatic heterocycles. The molecule has 0 atom stereocenters. The number of carboxylic acids is 1. The number of carboxylic acid groups (broad SMARTS) is 1. The number of carbonyl (C=O) groups excluding carboxylic acids is 2. The van der Waals surface area contributed by atoms with Gasteiger partial charge in [-0.25, -0.2) is 4.79 Å². The fourth-order valence-corrected chi connectivity index (χ4v) is 2.12. The number of nitrogens with zero attached hydrogens (tertiary/aromatic N) is 1. The van der Waals surface area contributed by atoms with Gasteiger partial charge < -0.3 is 5.11 Å². The van der Waals surface area contributed by atoms with E-state index in [9.17, 15) is 19.2 Å². The Hall–Kier alpha value is -3.22. The molecule has 0 spiro atoms. The molecule has 1 aliphatic rings. The van der Waals surface area contributed by atoms with Crippen molar-refractivity contribution < 1.29 is 19.5 Å². The molecule has 2 aromatic rings. The molecule has 2 amide bonds. The summed E-state index contributed by atoms with van der Waals surface area (Å²) in [6.07, 6.45) is 1.17. The summed E-state index contributed by atoms with van der Waals surface area (Å²) in [6.45, 7) is 0. The Balaban J connectivity index is 2.19. The minimum absolute atomic E-state index is 0.0596. The van der Waals surface area contributed by atoms with Gasteiger partial charge in [0.05, 0.1) is 16.7 Å². The van der Waals surface area contributed by atoms with Crippen LogP contribution in [0.5, 0.6) is 0 Å². The molecular weight excluding hydrogens is 276 g/mol. The number of aromatic nitrogens is 1. The van der Waals surface area contributed by atoms with Crippen LogP contribution in [0.4, 0.5) is 0 Å². The summed E-state index contributed by atoms with van der Waals surface area (Å²) >= 11 is 0. The van der Waals surface area contributed by atoms with E-state index >= 15 is 0 Å². The number of rotatable bonds is 2. The predicted octanol–water partition coefficient (Wildman–Crippen LogP) is 0.419. The Labute approximate surface area is 117 Å². The van der Waals surface area contributed by atoms with Crippen LogP contribution in [-0.2, 0) is 0 Å². The molecule has 0 radical (unpaired) electrons. The number of nitrogens with one attached hydrogen (secondary N) is 1. The Morgan fingerprint density at radius 3 is 2.43 bits per heavy atom. The van der Waals surface area contributed by atoms with Gasteiger partial charge >= 0.3 is 5.97 Å². The van der Waals surface area contributed by atoms with Crippen molar-refractivity contribution in [3.63, 3.8) is 0 Å². The fourth-order valence-electron chi connectivity index (χ4n) is 2.12. The van der Waals surface area contributed by atoms with Gasteiger partial charge in [0.15, 0.2) is 0 Å². The Morgan fingerprint density at radius 1 is 1.00 bits per heavy atom. The van der Waals surface area contributed by atoms with Gasteiger partial charge in [-0.3, -0.25) is 24.3 Å². The highest BCUT2D eigenvalue weighted by Crippen LogP contribution is 2.19. The number of fused-ring (bicyclic) bond motifs is 1. The zero-order valence-corrected chi connectivity index (χ0v) is 10.5. The maximum absolute atomic E-state index is 11.8. The van der Waals surface area contributed by atoms with E-state index in [4.69, 9.17) is 5.11 Å². The van der Waals surface area contributed by atoms with Crippen molar-refractivity contribution in [2.75, 3.05) is 0 Å². The first-order valence-corrected chi connectivity index (χ1v) is 5.93. The van der Waals surface area contributed by atoms with Crippen LogP contribution in [0.15, 0.2) is 41.3 Å². The number of carbonyl (C=O) groups is 3. The van der Waals surface area contributed by atoms with Crippen LogP contribution in [0.1, 0.15) is 31.1 Å². The summed E-state index contributed by atoms with van der Waals surface area (Å²) in [6, 6.07) is 6.60. The van der Waals surface area contributed by atoms with E-state index in [0.29, 0.717) is 5.69 Å². The first-order valence-electron chi connectivity index (χ1n) is 5.93. The van der Waals surface area contributed by atoms with Crippen LogP contribution < -0.4 is 10.9 Å². The van der Waals surface area contributed by atoms with E-state index < -0.39 is 23.3 Å². The summed E-state index contributed by atoms with van der Waals surface area (Å²) in [7, 11) is 0. The van der Waals surface area contributed by atoms with Crippen LogP contribution in [0.25, 0.3) is 5.69 Å². The van der Waals surface area contributed by atoms with Crippen molar-refractivity contribution in [1.29, 1.82) is 0 Å². The lowest BCUT2D eigenvalue weighted by atomic mass is 10.1. The van der Waals surface area contributed by atoms with E-state index in [0.717, 1.165) is 10.6 Å². The molecule has 0 aliphatic carbocycles. The first kappa shape index (κ1) is 12.8. The van der Waals surface area contributed by atoms with Crippen molar-refractivity contribution in [2.24, 2.45) is 0 Å². The molecule has 0 saturated heterocycles. The van der Waals surface area contributed by atoms with Crippen LogP contribution >= 0.6 is 0 Å². The topological polar surface area (TPSA) is 105 Å². The average molecular weight is 284 g/mol. The highest BCUT2D eigenvalue weighted by atomic mass is 16.4. The molecule has 0 fully saturated rings. The molecule has 0 saturated carbocycles. The third kappa shape index (κ3) is 2.00. The van der Waals surface area contributed by atoms with Crippen LogP contribution in [0.3, 0.4) is 0 Å². The van der Waals surface area contributed by atoms with Gasteiger partial charge in [-0.15, -0.1) is 0 Å². The molecule has 2 heterocycles. The van der Waals surface area contributed by atoms with Crippen LogP contribution in [0, 0.1) is 0 Å². The lowest BCUT2D eigenvalue weighted by Gasteiger charge is -2.07. The lowest BCUT2D eigenvalue weighted by molar-refractivity contribution is 0.0695. The van der Waals surface area contributed by atoms with Crippen molar-refractivity contribution >= 4 is 17.8 Å². The minimum Gasteiger partial charge on any atom is -0.478 e. The van der Waals surface area contributed by atoms with Crippen molar-refractivity contribution in [1.82, 2.24) is 9.88 Å². The average Bonchev–Trinajstić information content (AvgIpc) is 2.74. The molecule has 3 rings (SSSR count). The zero-order chi connectivity index (χ0) is 15.1. The van der Waals surface area contributed by atoms with Crippen LogP contribution in [0.2, 0.25) is 0 Å². The number of pyridine rings is 1. The lowest BCUT2D eigenvalue weighted by Crippen LogP contribution is -2.20. The van der Waals surface area contributed by atoms with Gasteiger partial charge in [0.25, 0.3) is 17.4 Å². The summed E-state index contributed by atoms with van der Waals surface area (Å²) in [5.41, 5.74) is 0.198. The highest BCUT2D eigenvalue weighted by Gasteiger charge is 2.26. The van der Waals surface area contributed by atoms with Gasteiger partial charge in [-0.2, -0.15) is 0 Å². The second kappa shape index (κ2) is 4.41. The number of amides is 2. The number of hydrogen-bond donors (Lipinski definition) is 2. The van der Waals surface area contributed by atoms with Gasteiger partial charge in [0, 0.05) is 18.0 Å². The quantitative estimate of drug-likeness (QED) is 0.777. The van der Waals surface area contributed by atoms with E-state index in [1.54, 1.807) is 0 Å². The Kier molecular flexibility index (Phi) is 2.69. The van der Waals surface area contributed by atoms with Gasteiger partial charge in [0.1, 0.15) is 0 Å². The standard InChI is InChI=1S/C14H8N2O5/c17-11-4-1-7(14(20)21)6-16(11)8-2-3-9-10(5-8)13(19)15-12(9)18/h1-6H,(H,20,21)(H,15,18,19). The zero-order valence-electron chi connectivity index (χ0n) is 10.5. The third-order valence-corrected chi connectivity index (χ3v) is 3.16. The molecule has 1 aromatic carbocycles. The molecule has 0 unspecified atom stereocenters. The monoisotopic (exact) mass is 284 g/mol. The van der Waals surface area contributed by atoms with Gasteiger partial charge in [0.2, 0.25) is 0 Å². The molecule has 7 nitrogen and oxygen atoms in total. The smallest absolute Gasteiger partial charge is 0.337 e. The van der Waals surface area contributed by atoms with Crippen molar-refractivity contribution in [2.45, 2.75) is 0 Å². The van der Waals surface area contributed by atoms with Gasteiger partial charge in [-0.05, 0) is 24.3 Å². The molecule has 104 valence electrons. The number of hydrogen-bond acceptors (Lipinski definition) is 4. The van der Waals surface area contributed by atoms with Gasteiger partial charge in [-0.1, -0.05) is 0 Å². The second-order valence-electron chi connectivity index (χ2n) is 4.44. The van der Waals surface area contributed by atoms with E-state index in [1.165, 1.54) is 30.5 Å². The maximum atomic E-state index is 11.8. The minimum atomic E-state index is -1.17. The fraction of sp³-hybridized carbons (Fsp3) is 0. The summed E-state index contributed by atoms with van der Waals surface area (Å²) in [5.74, 6) is -2.20. The van der Waals surface area contributed by atoms with E-state index in [2.05, 4.69) is 5.32 Å². The first-order chi connectivity index (χ1) is 9.97. The Morgan fingerprint density at radius 2 is 1.71 bits per heavy atom. The molecule has 7 heteroatoms. The Bertz CT molecular complexity index is 866. The molecule has 2 N–H and O–H groups in total. The maximum Gasteiger partial charge on any atom is 0.337 e. The SMILES string of the molecule is O=C(O)c1ccc(=O)n(-c2ccc3c(c2)C(=O)NC3=O)c1. The normalized spacial score (nSPS) is 13.0. The molecule has 0 bridgehead atoms. The number of imide groups is 1. The van der Waals surface area contributed by atoms with Crippen molar-refractivity contribution in [3.8, 4) is 5.69 Å². The third-order valence-electron chi connectivity index (χ3n) is 3.16. The molecular formula is C14H8N2O5. The second-order valence-corrected chi connectivity index (χ2v) is 4.44. The van der Waals surface area contributed by atoms with Crippen molar-refractivity contribution in [3.05, 3.63) is 63.6 Å². The summed E-state index contributed by atoms with van der Waals surface area (Å²) < 4.78 is 1.11. The largest absolute Gasteiger partial charge is 0.478 e.